The van der Waals surface area contributed by atoms with Gasteiger partial charge in [-0.05, 0) is 37.0 Å². The fourth-order valence-corrected chi connectivity index (χ4v) is 2.68. The zero-order valence-corrected chi connectivity index (χ0v) is 11.9. The predicted molar refractivity (Wildman–Crippen MR) is 78.2 cm³/mol. The van der Waals surface area contributed by atoms with Crippen molar-refractivity contribution in [3.05, 3.63) is 34.9 Å². The molecule has 0 unspecified atom stereocenters. The maximum Gasteiger partial charge on any atom is 0.240 e. The highest BCUT2D eigenvalue weighted by atomic mass is 35.5. The van der Waals surface area contributed by atoms with E-state index >= 15 is 0 Å². The van der Waals surface area contributed by atoms with Crippen molar-refractivity contribution in [2.24, 2.45) is 5.73 Å². The monoisotopic (exact) mass is 280 g/mol. The summed E-state index contributed by atoms with van der Waals surface area (Å²) in [5.74, 6) is 0.00108. The van der Waals surface area contributed by atoms with Crippen LogP contribution in [0.5, 0.6) is 0 Å². The lowest BCUT2D eigenvalue weighted by atomic mass is 9.82. The fourth-order valence-electron chi connectivity index (χ4n) is 2.56. The topological polar surface area (TPSA) is 55.1 Å². The van der Waals surface area contributed by atoms with Crippen molar-refractivity contribution < 1.29 is 4.79 Å². The molecule has 0 spiro atoms. The van der Waals surface area contributed by atoms with Crippen LogP contribution in [-0.4, -0.2) is 18.0 Å². The molecule has 0 saturated heterocycles. The Hall–Kier alpha value is -1.06. The van der Waals surface area contributed by atoms with E-state index < -0.39 is 5.54 Å². The minimum absolute atomic E-state index is 0.00108. The molecule has 1 fully saturated rings. The van der Waals surface area contributed by atoms with E-state index in [1.54, 1.807) is 0 Å². The zero-order valence-electron chi connectivity index (χ0n) is 11.1. The molecule has 0 heterocycles. The van der Waals surface area contributed by atoms with Crippen molar-refractivity contribution in [1.82, 2.24) is 5.32 Å². The van der Waals surface area contributed by atoms with Crippen LogP contribution in [0.4, 0.5) is 0 Å². The van der Waals surface area contributed by atoms with Crippen LogP contribution in [-0.2, 0) is 11.2 Å². The molecular formula is C15H21ClN2O. The molecule has 1 aliphatic carbocycles. The SMILES string of the molecule is NC1(C(=O)NCCc2ccc(Cl)cc2)CCCCC1. The van der Waals surface area contributed by atoms with Gasteiger partial charge in [-0.2, -0.15) is 0 Å². The Morgan fingerprint density at radius 3 is 2.47 bits per heavy atom. The van der Waals surface area contributed by atoms with E-state index in [1.807, 2.05) is 24.3 Å². The molecule has 0 radical (unpaired) electrons. The Kier molecular flexibility index (Phi) is 4.83. The van der Waals surface area contributed by atoms with E-state index in [4.69, 9.17) is 17.3 Å². The van der Waals surface area contributed by atoms with Crippen molar-refractivity contribution in [1.29, 1.82) is 0 Å². The van der Waals surface area contributed by atoms with E-state index in [0.29, 0.717) is 6.54 Å². The Bertz CT molecular complexity index is 424. The average Bonchev–Trinajstić information content (AvgIpc) is 2.42. The first-order valence-corrected chi connectivity index (χ1v) is 7.30. The summed E-state index contributed by atoms with van der Waals surface area (Å²) in [7, 11) is 0. The van der Waals surface area contributed by atoms with Crippen molar-refractivity contribution >= 4 is 17.5 Å². The lowest BCUT2D eigenvalue weighted by Crippen LogP contribution is -2.55. The van der Waals surface area contributed by atoms with Gasteiger partial charge in [0.15, 0.2) is 0 Å². The summed E-state index contributed by atoms with van der Waals surface area (Å²) in [6, 6.07) is 7.69. The number of carbonyl (C=O) groups excluding carboxylic acids is 1. The minimum atomic E-state index is -0.641. The second kappa shape index (κ2) is 6.40. The molecule has 3 nitrogen and oxygen atoms in total. The first kappa shape index (κ1) is 14.4. The molecule has 1 aromatic rings. The van der Waals surface area contributed by atoms with Gasteiger partial charge in [0.05, 0.1) is 5.54 Å². The van der Waals surface area contributed by atoms with Gasteiger partial charge in [0.1, 0.15) is 0 Å². The summed E-state index contributed by atoms with van der Waals surface area (Å²) in [5, 5.41) is 3.69. The van der Waals surface area contributed by atoms with E-state index in [-0.39, 0.29) is 5.91 Å². The molecule has 1 aliphatic rings. The van der Waals surface area contributed by atoms with E-state index in [2.05, 4.69) is 5.32 Å². The van der Waals surface area contributed by atoms with Crippen LogP contribution in [0.15, 0.2) is 24.3 Å². The number of hydrogen-bond donors (Lipinski definition) is 2. The number of hydrogen-bond acceptors (Lipinski definition) is 2. The van der Waals surface area contributed by atoms with Crippen LogP contribution in [0.1, 0.15) is 37.7 Å². The maximum atomic E-state index is 12.1. The normalized spacial score (nSPS) is 18.0. The predicted octanol–water partition coefficient (Wildman–Crippen LogP) is 2.66. The molecule has 2 rings (SSSR count). The smallest absolute Gasteiger partial charge is 0.240 e. The van der Waals surface area contributed by atoms with E-state index in [9.17, 15) is 4.79 Å². The van der Waals surface area contributed by atoms with Gasteiger partial charge < -0.3 is 11.1 Å². The molecule has 1 amide bonds. The standard InChI is InChI=1S/C15H21ClN2O/c16-13-6-4-12(5-7-13)8-11-18-14(19)15(17)9-2-1-3-10-15/h4-7H,1-3,8-11,17H2,(H,18,19). The van der Waals surface area contributed by atoms with Gasteiger partial charge in [-0.25, -0.2) is 0 Å². The van der Waals surface area contributed by atoms with Crippen LogP contribution >= 0.6 is 11.6 Å². The third-order valence-corrected chi connectivity index (χ3v) is 4.06. The van der Waals surface area contributed by atoms with Crippen molar-refractivity contribution in [3.8, 4) is 0 Å². The summed E-state index contributed by atoms with van der Waals surface area (Å²) < 4.78 is 0. The molecular weight excluding hydrogens is 260 g/mol. The molecule has 19 heavy (non-hydrogen) atoms. The summed E-state index contributed by atoms with van der Waals surface area (Å²) in [4.78, 5) is 12.1. The molecule has 104 valence electrons. The number of amides is 1. The Labute approximate surface area is 119 Å². The maximum absolute atomic E-state index is 12.1. The van der Waals surface area contributed by atoms with Crippen molar-refractivity contribution in [2.75, 3.05) is 6.54 Å². The average molecular weight is 281 g/mol. The number of nitrogens with one attached hydrogen (secondary N) is 1. The van der Waals surface area contributed by atoms with Gasteiger partial charge >= 0.3 is 0 Å². The lowest BCUT2D eigenvalue weighted by molar-refractivity contribution is -0.127. The zero-order chi connectivity index (χ0) is 13.7. The lowest BCUT2D eigenvalue weighted by Gasteiger charge is -2.31. The third-order valence-electron chi connectivity index (χ3n) is 3.81. The molecule has 4 heteroatoms. The van der Waals surface area contributed by atoms with Gasteiger partial charge in [0.2, 0.25) is 5.91 Å². The Balaban J connectivity index is 1.78. The Morgan fingerprint density at radius 2 is 1.84 bits per heavy atom. The second-order valence-corrected chi connectivity index (χ2v) is 5.79. The van der Waals surface area contributed by atoms with Crippen LogP contribution in [0.3, 0.4) is 0 Å². The molecule has 0 aromatic heterocycles. The number of carbonyl (C=O) groups is 1. The van der Waals surface area contributed by atoms with Crippen LogP contribution < -0.4 is 11.1 Å². The van der Waals surface area contributed by atoms with Crippen LogP contribution in [0.25, 0.3) is 0 Å². The van der Waals surface area contributed by atoms with Gasteiger partial charge in [-0.1, -0.05) is 43.0 Å². The quantitative estimate of drug-likeness (QED) is 0.891. The minimum Gasteiger partial charge on any atom is -0.354 e. The molecule has 0 atom stereocenters. The third kappa shape index (κ3) is 3.95. The number of rotatable bonds is 4. The Morgan fingerprint density at radius 1 is 1.21 bits per heavy atom. The summed E-state index contributed by atoms with van der Waals surface area (Å²) in [6.45, 7) is 0.624. The number of nitrogens with two attached hydrogens (primary N) is 1. The first-order valence-electron chi connectivity index (χ1n) is 6.92. The first-order chi connectivity index (χ1) is 9.10. The van der Waals surface area contributed by atoms with E-state index in [1.165, 1.54) is 12.0 Å². The van der Waals surface area contributed by atoms with E-state index in [0.717, 1.165) is 37.1 Å². The van der Waals surface area contributed by atoms with Gasteiger partial charge in [0.25, 0.3) is 0 Å². The molecule has 3 N–H and O–H groups in total. The van der Waals surface area contributed by atoms with Crippen LogP contribution in [0.2, 0.25) is 5.02 Å². The van der Waals surface area contributed by atoms with Gasteiger partial charge in [-0.15, -0.1) is 0 Å². The molecule has 1 aromatic carbocycles. The van der Waals surface area contributed by atoms with Gasteiger partial charge in [-0.3, -0.25) is 4.79 Å². The van der Waals surface area contributed by atoms with Crippen molar-refractivity contribution in [2.45, 2.75) is 44.1 Å². The number of benzene rings is 1. The fraction of sp³-hybridized carbons (Fsp3) is 0.533. The molecule has 0 bridgehead atoms. The summed E-state index contributed by atoms with van der Waals surface area (Å²) >= 11 is 5.83. The molecule has 1 saturated carbocycles. The highest BCUT2D eigenvalue weighted by molar-refractivity contribution is 6.30. The van der Waals surface area contributed by atoms with Gasteiger partial charge in [0, 0.05) is 11.6 Å². The van der Waals surface area contributed by atoms with Crippen LogP contribution in [0, 0.1) is 0 Å². The summed E-state index contributed by atoms with van der Waals surface area (Å²) in [6.07, 6.45) is 5.72. The second-order valence-electron chi connectivity index (χ2n) is 5.35. The number of halogens is 1. The molecule has 0 aliphatic heterocycles. The highest BCUT2D eigenvalue weighted by Gasteiger charge is 2.34. The van der Waals surface area contributed by atoms with Crippen molar-refractivity contribution in [3.63, 3.8) is 0 Å². The largest absolute Gasteiger partial charge is 0.354 e. The summed E-state index contributed by atoms with van der Waals surface area (Å²) in [5.41, 5.74) is 6.70. The highest BCUT2D eigenvalue weighted by Crippen LogP contribution is 2.25.